The first-order valence-electron chi connectivity index (χ1n) is 8.15. The fraction of sp³-hybridized carbons (Fsp3) is 0.421. The lowest BCUT2D eigenvalue weighted by molar-refractivity contribution is 0.379. The Morgan fingerprint density at radius 3 is 2.48 bits per heavy atom. The highest BCUT2D eigenvalue weighted by atomic mass is 35.5. The largest absolute Gasteiger partial charge is 0.401 e. The van der Waals surface area contributed by atoms with Crippen LogP contribution in [-0.4, -0.2) is 10.6 Å². The molecule has 1 unspecified atom stereocenters. The molecule has 23 heavy (non-hydrogen) atoms. The molecule has 0 fully saturated rings. The van der Waals surface area contributed by atoms with Crippen LogP contribution in [0.15, 0.2) is 35.5 Å². The number of fused-ring (bicyclic) bond motifs is 1. The second-order valence-corrected chi connectivity index (χ2v) is 7.65. The molecule has 0 bridgehead atoms. The molecule has 1 atom stereocenters. The molecular formula is C19H24ClN3. The van der Waals surface area contributed by atoms with Crippen LogP contribution < -0.4 is 16.4 Å². The predicted molar refractivity (Wildman–Crippen MR) is 96.9 cm³/mol. The second-order valence-electron chi connectivity index (χ2n) is 7.21. The Hall–Kier alpha value is -1.74. The smallest absolute Gasteiger partial charge is 0.138 e. The van der Waals surface area contributed by atoms with Crippen LogP contribution in [-0.2, 0) is 5.54 Å². The molecule has 0 aliphatic carbocycles. The second kappa shape index (κ2) is 5.72. The maximum atomic E-state index is 6.45. The maximum absolute atomic E-state index is 6.45. The molecule has 0 radical (unpaired) electrons. The lowest BCUT2D eigenvalue weighted by atomic mass is 10.0. The molecule has 0 spiro atoms. The predicted octanol–water partition coefficient (Wildman–Crippen LogP) is 3.43. The van der Waals surface area contributed by atoms with Gasteiger partial charge in [0.15, 0.2) is 0 Å². The first-order valence-corrected chi connectivity index (χ1v) is 8.53. The Bertz CT molecular complexity index is 838. The van der Waals surface area contributed by atoms with E-state index in [4.69, 9.17) is 22.3 Å². The summed E-state index contributed by atoms with van der Waals surface area (Å²) in [5, 5.41) is 1.83. The van der Waals surface area contributed by atoms with Crippen molar-refractivity contribution in [3.63, 3.8) is 0 Å². The fourth-order valence-corrected chi connectivity index (χ4v) is 3.23. The molecule has 3 rings (SSSR count). The summed E-state index contributed by atoms with van der Waals surface area (Å²) < 4.78 is 2.25. The van der Waals surface area contributed by atoms with Crippen molar-refractivity contribution in [3.05, 3.63) is 46.2 Å². The molecule has 2 heterocycles. The van der Waals surface area contributed by atoms with Gasteiger partial charge in [-0.3, -0.25) is 4.99 Å². The van der Waals surface area contributed by atoms with Crippen LogP contribution in [0.25, 0.3) is 16.8 Å². The summed E-state index contributed by atoms with van der Waals surface area (Å²) in [6.45, 7) is 8.75. The number of rotatable bonds is 2. The SMILES string of the molecule is CCC1CC(N)=c2c(-c3ccc(Cl)cc3)cn(C(C)(C)C)c2=N1. The molecule has 0 amide bonds. The van der Waals surface area contributed by atoms with Crippen LogP contribution in [0.2, 0.25) is 5.02 Å². The van der Waals surface area contributed by atoms with E-state index in [1.54, 1.807) is 0 Å². The van der Waals surface area contributed by atoms with Gasteiger partial charge in [-0.1, -0.05) is 30.7 Å². The van der Waals surface area contributed by atoms with Gasteiger partial charge in [0.2, 0.25) is 0 Å². The summed E-state index contributed by atoms with van der Waals surface area (Å²) in [5.74, 6) is 0. The van der Waals surface area contributed by atoms with Crippen LogP contribution >= 0.6 is 11.6 Å². The summed E-state index contributed by atoms with van der Waals surface area (Å²) in [6.07, 6.45) is 4.02. The molecule has 1 aliphatic rings. The van der Waals surface area contributed by atoms with Crippen LogP contribution in [0, 0.1) is 0 Å². The van der Waals surface area contributed by atoms with Crippen molar-refractivity contribution in [2.75, 3.05) is 0 Å². The summed E-state index contributed by atoms with van der Waals surface area (Å²) >= 11 is 6.03. The van der Waals surface area contributed by atoms with E-state index in [9.17, 15) is 0 Å². The zero-order chi connectivity index (χ0) is 16.8. The number of hydrogen-bond acceptors (Lipinski definition) is 2. The van der Waals surface area contributed by atoms with Crippen molar-refractivity contribution >= 4 is 17.3 Å². The number of benzene rings is 1. The number of halogens is 1. The third-order valence-electron chi connectivity index (χ3n) is 4.41. The number of aromatic nitrogens is 1. The van der Waals surface area contributed by atoms with E-state index >= 15 is 0 Å². The van der Waals surface area contributed by atoms with Crippen LogP contribution in [0.1, 0.15) is 40.5 Å². The van der Waals surface area contributed by atoms with Crippen molar-refractivity contribution < 1.29 is 0 Å². The first kappa shape index (κ1) is 16.1. The normalized spacial score (nSPS) is 17.8. The van der Waals surface area contributed by atoms with Gasteiger partial charge >= 0.3 is 0 Å². The molecule has 2 N–H and O–H groups in total. The lowest BCUT2D eigenvalue weighted by Crippen LogP contribution is -2.43. The van der Waals surface area contributed by atoms with E-state index in [0.717, 1.165) is 45.4 Å². The van der Waals surface area contributed by atoms with Crippen LogP contribution in [0.5, 0.6) is 0 Å². The van der Waals surface area contributed by atoms with Crippen molar-refractivity contribution in [2.45, 2.75) is 52.1 Å². The minimum Gasteiger partial charge on any atom is -0.401 e. The highest BCUT2D eigenvalue weighted by Gasteiger charge is 2.23. The summed E-state index contributed by atoms with van der Waals surface area (Å²) in [5.41, 5.74) is 10.6. The van der Waals surface area contributed by atoms with E-state index in [1.165, 1.54) is 0 Å². The minimum absolute atomic E-state index is 0.0475. The number of nitrogens with zero attached hydrogens (tertiary/aromatic N) is 2. The Kier molecular flexibility index (Phi) is 4.01. The highest BCUT2D eigenvalue weighted by Crippen LogP contribution is 2.23. The van der Waals surface area contributed by atoms with E-state index in [1.807, 2.05) is 24.3 Å². The fourth-order valence-electron chi connectivity index (χ4n) is 3.11. The van der Waals surface area contributed by atoms with Gasteiger partial charge < -0.3 is 10.3 Å². The summed E-state index contributed by atoms with van der Waals surface area (Å²) in [6, 6.07) is 8.20. The van der Waals surface area contributed by atoms with Crippen LogP contribution in [0.4, 0.5) is 0 Å². The Morgan fingerprint density at radius 1 is 1.26 bits per heavy atom. The highest BCUT2D eigenvalue weighted by molar-refractivity contribution is 6.30. The zero-order valence-electron chi connectivity index (χ0n) is 14.2. The van der Waals surface area contributed by atoms with Gasteiger partial charge in [-0.15, -0.1) is 0 Å². The average molecular weight is 330 g/mol. The van der Waals surface area contributed by atoms with Crippen molar-refractivity contribution in [2.24, 2.45) is 10.7 Å². The first-order chi connectivity index (χ1) is 10.8. The Labute approximate surface area is 142 Å². The molecule has 1 aromatic carbocycles. The number of nitrogens with two attached hydrogens (primary N) is 1. The van der Waals surface area contributed by atoms with Gasteiger partial charge in [-0.25, -0.2) is 0 Å². The summed E-state index contributed by atoms with van der Waals surface area (Å²) in [7, 11) is 0. The van der Waals surface area contributed by atoms with Gasteiger partial charge in [-0.2, -0.15) is 0 Å². The average Bonchev–Trinajstić information content (AvgIpc) is 2.88. The van der Waals surface area contributed by atoms with Crippen LogP contribution in [0.3, 0.4) is 0 Å². The standard InChI is InChI=1S/C19H24ClN3/c1-5-14-10-16(21)17-15(12-6-8-13(20)9-7-12)11-23(18(17)22-14)19(2,3)4/h6-9,11,14H,5,10,21H2,1-4H3. The van der Waals surface area contributed by atoms with Gasteiger partial charge in [0, 0.05) is 39.7 Å². The molecule has 0 saturated heterocycles. The van der Waals surface area contributed by atoms with Gasteiger partial charge in [0.1, 0.15) is 5.49 Å². The van der Waals surface area contributed by atoms with Gasteiger partial charge in [-0.05, 0) is 44.9 Å². The van der Waals surface area contributed by atoms with E-state index in [0.29, 0.717) is 0 Å². The van der Waals surface area contributed by atoms with Gasteiger partial charge in [0.25, 0.3) is 0 Å². The molecule has 1 aliphatic heterocycles. The van der Waals surface area contributed by atoms with E-state index in [-0.39, 0.29) is 11.6 Å². The van der Waals surface area contributed by atoms with Crippen molar-refractivity contribution in [1.82, 2.24) is 4.57 Å². The number of hydrogen-bond donors (Lipinski definition) is 1. The zero-order valence-corrected chi connectivity index (χ0v) is 15.0. The quantitative estimate of drug-likeness (QED) is 0.901. The Balaban J connectivity index is 2.35. The third kappa shape index (κ3) is 2.90. The third-order valence-corrected chi connectivity index (χ3v) is 4.66. The molecule has 3 nitrogen and oxygen atoms in total. The molecule has 1 aromatic heterocycles. The maximum Gasteiger partial charge on any atom is 0.138 e. The molecule has 122 valence electrons. The molecule has 2 aromatic rings. The van der Waals surface area contributed by atoms with E-state index in [2.05, 4.69) is 38.5 Å². The van der Waals surface area contributed by atoms with Gasteiger partial charge in [0.05, 0.1) is 6.04 Å². The van der Waals surface area contributed by atoms with E-state index < -0.39 is 0 Å². The topological polar surface area (TPSA) is 43.3 Å². The molecule has 0 saturated carbocycles. The Morgan fingerprint density at radius 2 is 1.91 bits per heavy atom. The minimum atomic E-state index is -0.0475. The van der Waals surface area contributed by atoms with Crippen molar-refractivity contribution in [3.8, 4) is 11.1 Å². The molecular weight excluding hydrogens is 306 g/mol. The monoisotopic (exact) mass is 329 g/mol. The summed E-state index contributed by atoms with van der Waals surface area (Å²) in [4.78, 5) is 4.98. The molecule has 4 heteroatoms. The van der Waals surface area contributed by atoms with Crippen molar-refractivity contribution in [1.29, 1.82) is 0 Å². The lowest BCUT2D eigenvalue weighted by Gasteiger charge is -2.23.